The van der Waals surface area contributed by atoms with E-state index in [1.165, 1.54) is 0 Å². The highest BCUT2D eigenvalue weighted by molar-refractivity contribution is 5.76. The van der Waals surface area contributed by atoms with Gasteiger partial charge in [-0.2, -0.15) is 0 Å². The maximum atomic E-state index is 11.7. The van der Waals surface area contributed by atoms with Crippen molar-refractivity contribution in [1.29, 1.82) is 0 Å². The van der Waals surface area contributed by atoms with E-state index < -0.39 is 5.41 Å². The molecule has 0 heterocycles. The van der Waals surface area contributed by atoms with Crippen LogP contribution in [0.3, 0.4) is 0 Å². The summed E-state index contributed by atoms with van der Waals surface area (Å²) in [6, 6.07) is 0. The van der Waals surface area contributed by atoms with Crippen LogP contribution in [-0.4, -0.2) is 24.3 Å². The molecule has 0 rings (SSSR count). The molecule has 0 fully saturated rings. The Morgan fingerprint density at radius 1 is 1.47 bits per heavy atom. The number of aliphatic hydroxyl groups excluding tert-OH is 1. The molecule has 0 aliphatic heterocycles. The molecule has 0 radical (unpaired) electrons. The highest BCUT2D eigenvalue weighted by Gasteiger charge is 2.31. The van der Waals surface area contributed by atoms with Crippen LogP contribution >= 0.6 is 0 Å². The average molecular weight is 214 g/mol. The van der Waals surface area contributed by atoms with Gasteiger partial charge in [0, 0.05) is 0 Å². The van der Waals surface area contributed by atoms with Gasteiger partial charge in [-0.25, -0.2) is 0 Å². The van der Waals surface area contributed by atoms with Gasteiger partial charge in [0.1, 0.15) is 0 Å². The normalized spacial score (nSPS) is 15.9. The fourth-order valence-corrected chi connectivity index (χ4v) is 1.14. The first-order chi connectivity index (χ1) is 7.00. The fraction of sp³-hybridized carbons (Fsp3) is 0.750. The summed E-state index contributed by atoms with van der Waals surface area (Å²) in [5.74, 6) is -0.158. The van der Waals surface area contributed by atoms with Crippen molar-refractivity contribution in [3.05, 3.63) is 11.6 Å². The second kappa shape index (κ2) is 6.62. The lowest BCUT2D eigenvalue weighted by molar-refractivity contribution is -0.154. The first-order valence-corrected chi connectivity index (χ1v) is 5.43. The van der Waals surface area contributed by atoms with E-state index in [1.807, 2.05) is 33.8 Å². The number of rotatable bonds is 6. The summed E-state index contributed by atoms with van der Waals surface area (Å²) in [6.07, 6.45) is 3.26. The van der Waals surface area contributed by atoms with Gasteiger partial charge in [0.2, 0.25) is 0 Å². The second-order valence-electron chi connectivity index (χ2n) is 4.05. The molecule has 88 valence electrons. The molecule has 0 saturated carbocycles. The molecule has 0 aromatic rings. The van der Waals surface area contributed by atoms with Crippen molar-refractivity contribution in [1.82, 2.24) is 0 Å². The quantitative estimate of drug-likeness (QED) is 0.545. The second-order valence-corrected chi connectivity index (χ2v) is 4.05. The van der Waals surface area contributed by atoms with E-state index in [2.05, 4.69) is 0 Å². The van der Waals surface area contributed by atoms with Gasteiger partial charge in [-0.05, 0) is 33.6 Å². The maximum absolute atomic E-state index is 11.7. The van der Waals surface area contributed by atoms with Crippen LogP contribution < -0.4 is 0 Å². The molecular weight excluding hydrogens is 192 g/mol. The Hall–Kier alpha value is -0.830. The van der Waals surface area contributed by atoms with Gasteiger partial charge in [0.25, 0.3) is 0 Å². The number of aliphatic hydroxyl groups is 1. The summed E-state index contributed by atoms with van der Waals surface area (Å²) in [4.78, 5) is 11.7. The summed E-state index contributed by atoms with van der Waals surface area (Å²) in [5.41, 5.74) is 0.422. The third-order valence-corrected chi connectivity index (χ3v) is 2.70. The van der Waals surface area contributed by atoms with Crippen LogP contribution in [0.25, 0.3) is 0 Å². The molecule has 0 aliphatic carbocycles. The van der Waals surface area contributed by atoms with Gasteiger partial charge in [-0.3, -0.25) is 4.79 Å². The van der Waals surface area contributed by atoms with E-state index in [4.69, 9.17) is 9.84 Å². The van der Waals surface area contributed by atoms with Crippen LogP contribution in [0.15, 0.2) is 11.6 Å². The predicted molar refractivity (Wildman–Crippen MR) is 60.5 cm³/mol. The topological polar surface area (TPSA) is 46.5 Å². The van der Waals surface area contributed by atoms with Gasteiger partial charge in [0.15, 0.2) is 0 Å². The zero-order valence-electron chi connectivity index (χ0n) is 10.2. The van der Waals surface area contributed by atoms with Crippen LogP contribution in [0, 0.1) is 5.41 Å². The smallest absolute Gasteiger partial charge is 0.312 e. The van der Waals surface area contributed by atoms with Gasteiger partial charge in [-0.1, -0.05) is 18.6 Å². The summed E-state index contributed by atoms with van der Waals surface area (Å²) in [7, 11) is 0. The van der Waals surface area contributed by atoms with Gasteiger partial charge < -0.3 is 9.84 Å². The molecule has 1 atom stereocenters. The molecule has 0 aromatic carbocycles. The Kier molecular flexibility index (Phi) is 6.25. The standard InChI is InChI=1S/C12H22O3/c1-5-12(4,11(14)15-6-2)8-7-10(3)9-13/h7,13H,5-6,8-9H2,1-4H3/b10-7+. The lowest BCUT2D eigenvalue weighted by Crippen LogP contribution is -2.28. The zero-order chi connectivity index (χ0) is 11.9. The van der Waals surface area contributed by atoms with Crippen LogP contribution in [0.2, 0.25) is 0 Å². The Balaban J connectivity index is 4.50. The monoisotopic (exact) mass is 214 g/mol. The summed E-state index contributed by atoms with van der Waals surface area (Å²) < 4.78 is 5.03. The predicted octanol–water partition coefficient (Wildman–Crippen LogP) is 2.29. The molecule has 0 aliphatic rings. The van der Waals surface area contributed by atoms with E-state index in [-0.39, 0.29) is 12.6 Å². The molecule has 0 amide bonds. The molecule has 3 heteroatoms. The Bertz CT molecular complexity index is 233. The highest BCUT2D eigenvalue weighted by Crippen LogP contribution is 2.28. The van der Waals surface area contributed by atoms with Crippen molar-refractivity contribution in [2.45, 2.75) is 40.5 Å². The third kappa shape index (κ3) is 4.47. The van der Waals surface area contributed by atoms with Crippen molar-refractivity contribution < 1.29 is 14.6 Å². The zero-order valence-corrected chi connectivity index (χ0v) is 10.2. The van der Waals surface area contributed by atoms with Crippen molar-refractivity contribution >= 4 is 5.97 Å². The van der Waals surface area contributed by atoms with E-state index in [9.17, 15) is 4.79 Å². The van der Waals surface area contributed by atoms with Gasteiger partial charge in [-0.15, -0.1) is 0 Å². The number of allylic oxidation sites excluding steroid dienone is 1. The molecule has 0 aromatic heterocycles. The molecule has 15 heavy (non-hydrogen) atoms. The van der Waals surface area contributed by atoms with Crippen molar-refractivity contribution in [3.8, 4) is 0 Å². The number of hydrogen-bond acceptors (Lipinski definition) is 3. The first-order valence-electron chi connectivity index (χ1n) is 5.43. The molecular formula is C12H22O3. The average Bonchev–Trinajstić information content (AvgIpc) is 2.25. The molecule has 1 unspecified atom stereocenters. The Labute approximate surface area is 92.1 Å². The van der Waals surface area contributed by atoms with Crippen molar-refractivity contribution in [2.75, 3.05) is 13.2 Å². The third-order valence-electron chi connectivity index (χ3n) is 2.70. The summed E-state index contributed by atoms with van der Waals surface area (Å²) in [6.45, 7) is 7.98. The first kappa shape index (κ1) is 14.2. The number of carbonyl (C=O) groups is 1. The highest BCUT2D eigenvalue weighted by atomic mass is 16.5. The van der Waals surface area contributed by atoms with Gasteiger partial charge in [0.05, 0.1) is 18.6 Å². The maximum Gasteiger partial charge on any atom is 0.312 e. The minimum absolute atomic E-state index is 0.0443. The van der Waals surface area contributed by atoms with Crippen molar-refractivity contribution in [2.24, 2.45) is 5.41 Å². The van der Waals surface area contributed by atoms with E-state index in [1.54, 1.807) is 0 Å². The summed E-state index contributed by atoms with van der Waals surface area (Å²) in [5, 5.41) is 8.86. The Morgan fingerprint density at radius 3 is 2.47 bits per heavy atom. The lowest BCUT2D eigenvalue weighted by atomic mass is 9.83. The lowest BCUT2D eigenvalue weighted by Gasteiger charge is -2.24. The molecule has 0 spiro atoms. The van der Waals surface area contributed by atoms with Gasteiger partial charge >= 0.3 is 5.97 Å². The molecule has 1 N–H and O–H groups in total. The number of esters is 1. The number of carbonyl (C=O) groups excluding carboxylic acids is 1. The van der Waals surface area contributed by atoms with Crippen LogP contribution in [0.1, 0.15) is 40.5 Å². The minimum atomic E-state index is -0.466. The largest absolute Gasteiger partial charge is 0.466 e. The van der Waals surface area contributed by atoms with Crippen LogP contribution in [0.5, 0.6) is 0 Å². The van der Waals surface area contributed by atoms with E-state index in [0.717, 1.165) is 12.0 Å². The SMILES string of the molecule is CCOC(=O)C(C)(CC)C/C=C(\C)CO. The Morgan fingerprint density at radius 2 is 2.07 bits per heavy atom. The van der Waals surface area contributed by atoms with Crippen LogP contribution in [-0.2, 0) is 9.53 Å². The number of hydrogen-bond donors (Lipinski definition) is 1. The minimum Gasteiger partial charge on any atom is -0.466 e. The fourth-order valence-electron chi connectivity index (χ4n) is 1.14. The van der Waals surface area contributed by atoms with Crippen LogP contribution in [0.4, 0.5) is 0 Å². The summed E-state index contributed by atoms with van der Waals surface area (Å²) >= 11 is 0. The molecule has 0 bridgehead atoms. The number of ether oxygens (including phenoxy) is 1. The van der Waals surface area contributed by atoms with E-state index in [0.29, 0.717) is 13.0 Å². The van der Waals surface area contributed by atoms with Crippen molar-refractivity contribution in [3.63, 3.8) is 0 Å². The molecule has 0 saturated heterocycles. The van der Waals surface area contributed by atoms with E-state index >= 15 is 0 Å². The molecule has 3 nitrogen and oxygen atoms in total.